The maximum Gasteiger partial charge on any atom is 0.224 e. The van der Waals surface area contributed by atoms with E-state index in [1.54, 1.807) is 0 Å². The van der Waals surface area contributed by atoms with Crippen LogP contribution < -0.4 is 5.32 Å². The SMILES string of the molecule is CCCCc1ccc(CC(=O)NC2CCC(C)(C)C2)cc1. The summed E-state index contributed by atoms with van der Waals surface area (Å²) >= 11 is 0. The monoisotopic (exact) mass is 287 g/mol. The van der Waals surface area contributed by atoms with Gasteiger partial charge >= 0.3 is 0 Å². The highest BCUT2D eigenvalue weighted by Gasteiger charge is 2.31. The molecule has 2 heteroatoms. The standard InChI is InChI=1S/C19H29NO/c1-4-5-6-15-7-9-16(10-8-15)13-18(21)20-17-11-12-19(2,3)14-17/h7-10,17H,4-6,11-14H2,1-3H3,(H,20,21). The smallest absolute Gasteiger partial charge is 0.224 e. The Balaban J connectivity index is 1.80. The first-order valence-electron chi connectivity index (χ1n) is 8.36. The van der Waals surface area contributed by atoms with Crippen molar-refractivity contribution in [2.75, 3.05) is 0 Å². The second kappa shape index (κ2) is 7.11. The Bertz CT molecular complexity index is 461. The highest BCUT2D eigenvalue weighted by atomic mass is 16.1. The molecule has 1 N–H and O–H groups in total. The lowest BCUT2D eigenvalue weighted by molar-refractivity contribution is -0.121. The molecule has 116 valence electrons. The average Bonchev–Trinajstić information content (AvgIpc) is 2.77. The summed E-state index contributed by atoms with van der Waals surface area (Å²) in [4.78, 5) is 12.1. The number of unbranched alkanes of at least 4 members (excludes halogenated alkanes) is 1. The molecule has 1 aromatic carbocycles. The molecule has 0 heterocycles. The molecule has 0 radical (unpaired) electrons. The number of hydrogen-bond donors (Lipinski definition) is 1. The molecule has 0 spiro atoms. The van der Waals surface area contributed by atoms with Crippen LogP contribution in [-0.2, 0) is 17.6 Å². The Hall–Kier alpha value is -1.31. The van der Waals surface area contributed by atoms with Crippen LogP contribution in [0.2, 0.25) is 0 Å². The lowest BCUT2D eigenvalue weighted by atomic mass is 9.92. The van der Waals surface area contributed by atoms with Crippen LogP contribution in [0.5, 0.6) is 0 Å². The van der Waals surface area contributed by atoms with Crippen molar-refractivity contribution in [3.8, 4) is 0 Å². The number of carbonyl (C=O) groups excluding carboxylic acids is 1. The van der Waals surface area contributed by atoms with Crippen LogP contribution in [0.25, 0.3) is 0 Å². The van der Waals surface area contributed by atoms with Crippen LogP contribution in [0.15, 0.2) is 24.3 Å². The summed E-state index contributed by atoms with van der Waals surface area (Å²) in [5, 5.41) is 3.19. The van der Waals surface area contributed by atoms with Crippen LogP contribution in [0, 0.1) is 5.41 Å². The Labute approximate surface area is 129 Å². The molecule has 1 aliphatic carbocycles. The number of carbonyl (C=O) groups is 1. The van der Waals surface area contributed by atoms with E-state index in [1.165, 1.54) is 24.8 Å². The third kappa shape index (κ3) is 5.18. The van der Waals surface area contributed by atoms with Crippen molar-refractivity contribution in [2.24, 2.45) is 5.41 Å². The minimum Gasteiger partial charge on any atom is -0.353 e. The summed E-state index contributed by atoms with van der Waals surface area (Å²) in [5.41, 5.74) is 2.88. The summed E-state index contributed by atoms with van der Waals surface area (Å²) in [6.45, 7) is 6.78. The number of benzene rings is 1. The molecule has 2 nitrogen and oxygen atoms in total. The van der Waals surface area contributed by atoms with Gasteiger partial charge in [-0.25, -0.2) is 0 Å². The molecule has 0 bridgehead atoms. The zero-order valence-electron chi connectivity index (χ0n) is 13.7. The number of rotatable bonds is 6. The molecule has 1 fully saturated rings. The van der Waals surface area contributed by atoms with E-state index in [2.05, 4.69) is 50.4 Å². The van der Waals surface area contributed by atoms with E-state index in [0.717, 1.165) is 24.8 Å². The number of amides is 1. The van der Waals surface area contributed by atoms with Crippen molar-refractivity contribution in [2.45, 2.75) is 71.8 Å². The Morgan fingerprint density at radius 3 is 2.48 bits per heavy atom. The van der Waals surface area contributed by atoms with Gasteiger partial charge in [0.25, 0.3) is 0 Å². The van der Waals surface area contributed by atoms with Crippen LogP contribution in [0.4, 0.5) is 0 Å². The molecular weight excluding hydrogens is 258 g/mol. The van der Waals surface area contributed by atoms with Gasteiger partial charge in [-0.05, 0) is 48.6 Å². The minimum absolute atomic E-state index is 0.166. The normalized spacial score (nSPS) is 20.4. The zero-order valence-corrected chi connectivity index (χ0v) is 13.7. The van der Waals surface area contributed by atoms with Gasteiger partial charge in [-0.15, -0.1) is 0 Å². The third-order valence-electron chi connectivity index (χ3n) is 4.54. The summed E-state index contributed by atoms with van der Waals surface area (Å²) < 4.78 is 0. The predicted molar refractivity (Wildman–Crippen MR) is 88.3 cm³/mol. The molecular formula is C19H29NO. The third-order valence-corrected chi connectivity index (χ3v) is 4.54. The fourth-order valence-electron chi connectivity index (χ4n) is 3.23. The van der Waals surface area contributed by atoms with Gasteiger partial charge in [0.2, 0.25) is 5.91 Å². The van der Waals surface area contributed by atoms with E-state index < -0.39 is 0 Å². The van der Waals surface area contributed by atoms with Crippen molar-refractivity contribution in [3.05, 3.63) is 35.4 Å². The van der Waals surface area contributed by atoms with Crippen molar-refractivity contribution in [3.63, 3.8) is 0 Å². The Kier molecular flexibility index (Phi) is 5.44. The van der Waals surface area contributed by atoms with Gasteiger partial charge in [-0.3, -0.25) is 4.79 Å². The predicted octanol–water partition coefficient (Wildman–Crippen LogP) is 4.27. The van der Waals surface area contributed by atoms with Crippen molar-refractivity contribution < 1.29 is 4.79 Å². The number of nitrogens with one attached hydrogen (secondary N) is 1. The van der Waals surface area contributed by atoms with Gasteiger partial charge in [0, 0.05) is 6.04 Å². The summed E-state index contributed by atoms with van der Waals surface area (Å²) in [6.07, 6.45) is 7.54. The topological polar surface area (TPSA) is 29.1 Å². The van der Waals surface area contributed by atoms with Crippen molar-refractivity contribution in [1.82, 2.24) is 5.32 Å². The number of hydrogen-bond acceptors (Lipinski definition) is 1. The Morgan fingerprint density at radius 1 is 1.24 bits per heavy atom. The molecule has 1 unspecified atom stereocenters. The zero-order chi connectivity index (χ0) is 15.3. The highest BCUT2D eigenvalue weighted by Crippen LogP contribution is 2.36. The molecule has 0 saturated heterocycles. The molecule has 1 saturated carbocycles. The van der Waals surface area contributed by atoms with Gasteiger partial charge in [0.1, 0.15) is 0 Å². The van der Waals surface area contributed by atoms with E-state index in [9.17, 15) is 4.79 Å². The quantitative estimate of drug-likeness (QED) is 0.832. The lowest BCUT2D eigenvalue weighted by Gasteiger charge is -2.17. The average molecular weight is 287 g/mol. The van der Waals surface area contributed by atoms with Crippen LogP contribution in [0.3, 0.4) is 0 Å². The number of aryl methyl sites for hydroxylation is 1. The van der Waals surface area contributed by atoms with Crippen LogP contribution in [0.1, 0.15) is 64.0 Å². The van der Waals surface area contributed by atoms with E-state index in [-0.39, 0.29) is 5.91 Å². The fraction of sp³-hybridized carbons (Fsp3) is 0.632. The van der Waals surface area contributed by atoms with Gasteiger partial charge < -0.3 is 5.32 Å². The van der Waals surface area contributed by atoms with E-state index >= 15 is 0 Å². The maximum atomic E-state index is 12.1. The molecule has 0 aliphatic heterocycles. The molecule has 0 aromatic heterocycles. The largest absolute Gasteiger partial charge is 0.353 e. The van der Waals surface area contributed by atoms with Crippen molar-refractivity contribution in [1.29, 1.82) is 0 Å². The van der Waals surface area contributed by atoms with Crippen LogP contribution >= 0.6 is 0 Å². The van der Waals surface area contributed by atoms with Crippen molar-refractivity contribution >= 4 is 5.91 Å². The summed E-state index contributed by atoms with van der Waals surface area (Å²) in [7, 11) is 0. The summed E-state index contributed by atoms with van der Waals surface area (Å²) in [5.74, 6) is 0.166. The van der Waals surface area contributed by atoms with Crippen LogP contribution in [-0.4, -0.2) is 11.9 Å². The second-order valence-electron chi connectivity index (χ2n) is 7.27. The first-order valence-corrected chi connectivity index (χ1v) is 8.36. The fourth-order valence-corrected chi connectivity index (χ4v) is 3.23. The molecule has 1 aromatic rings. The molecule has 1 amide bonds. The van der Waals surface area contributed by atoms with E-state index in [1.807, 2.05) is 0 Å². The first-order chi connectivity index (χ1) is 9.98. The van der Waals surface area contributed by atoms with Gasteiger partial charge in [-0.2, -0.15) is 0 Å². The van der Waals surface area contributed by atoms with E-state index in [0.29, 0.717) is 17.9 Å². The molecule has 1 aliphatic rings. The summed E-state index contributed by atoms with van der Waals surface area (Å²) in [6, 6.07) is 8.90. The maximum absolute atomic E-state index is 12.1. The molecule has 2 rings (SSSR count). The van der Waals surface area contributed by atoms with Gasteiger partial charge in [0.05, 0.1) is 6.42 Å². The van der Waals surface area contributed by atoms with E-state index in [4.69, 9.17) is 0 Å². The highest BCUT2D eigenvalue weighted by molar-refractivity contribution is 5.78. The van der Waals surface area contributed by atoms with Gasteiger partial charge in [-0.1, -0.05) is 51.5 Å². The molecule has 21 heavy (non-hydrogen) atoms. The minimum atomic E-state index is 0.166. The Morgan fingerprint density at radius 2 is 1.90 bits per heavy atom. The second-order valence-corrected chi connectivity index (χ2v) is 7.27. The molecule has 1 atom stereocenters. The lowest BCUT2D eigenvalue weighted by Crippen LogP contribution is -2.34. The first kappa shape index (κ1) is 16.1. The van der Waals surface area contributed by atoms with Gasteiger partial charge in [0.15, 0.2) is 0 Å².